The van der Waals surface area contributed by atoms with Gasteiger partial charge in [-0.25, -0.2) is 4.79 Å². The summed E-state index contributed by atoms with van der Waals surface area (Å²) in [5, 5.41) is 11.4. The summed E-state index contributed by atoms with van der Waals surface area (Å²) in [5.41, 5.74) is 2.42. The number of carboxylic acid groups (broad SMARTS) is 1. The molecule has 1 aliphatic heterocycles. The molecule has 1 aromatic carbocycles. The maximum Gasteiger partial charge on any atom is 0.363 e. The van der Waals surface area contributed by atoms with Crippen LogP contribution in [0.2, 0.25) is 0 Å². The summed E-state index contributed by atoms with van der Waals surface area (Å²) in [6, 6.07) is 8.05. The highest BCUT2D eigenvalue weighted by Gasteiger charge is 2.49. The molecular weight excluding hydrogens is 331 g/mol. The number of benzene rings is 1. The molecule has 0 aromatic heterocycles. The quantitative estimate of drug-likeness (QED) is 0.507. The van der Waals surface area contributed by atoms with Crippen molar-refractivity contribution < 1.29 is 44.9 Å². The summed E-state index contributed by atoms with van der Waals surface area (Å²) in [7, 11) is 4.18. The van der Waals surface area contributed by atoms with Gasteiger partial charge in [0, 0.05) is 5.56 Å². The third-order valence-electron chi connectivity index (χ3n) is 3.63. The first-order valence-corrected chi connectivity index (χ1v) is 7.35. The standard InChI is InChI=1S/C14H20N2O2S.2ClH/c1-14(2)11(13(17)18)15-12(19-14)9-5-7-10(8-6-9)16(3)4;;/h5-8,11-12,15H,1-4H3,(H,17,18);2*1H. The number of aliphatic carboxylic acids is 1. The zero-order chi connectivity index (χ0) is 14.2. The summed E-state index contributed by atoms with van der Waals surface area (Å²) >= 11 is 1.73. The molecule has 2 unspecified atom stereocenters. The molecule has 21 heavy (non-hydrogen) atoms. The minimum Gasteiger partial charge on any atom is -1.00 e. The molecule has 4 N–H and O–H groups in total. The largest absolute Gasteiger partial charge is 1.00 e. The highest BCUT2D eigenvalue weighted by molar-refractivity contribution is 8.00. The zero-order valence-electron chi connectivity index (χ0n) is 12.6. The van der Waals surface area contributed by atoms with Crippen LogP contribution in [0.3, 0.4) is 0 Å². The van der Waals surface area contributed by atoms with Crippen LogP contribution >= 0.6 is 11.8 Å². The molecule has 1 heterocycles. The second-order valence-electron chi connectivity index (χ2n) is 5.77. The Labute approximate surface area is 142 Å². The third kappa shape index (κ3) is 4.50. The second kappa shape index (κ2) is 7.70. The van der Waals surface area contributed by atoms with Gasteiger partial charge in [-0.1, -0.05) is 11.8 Å². The minimum atomic E-state index is -0.727. The van der Waals surface area contributed by atoms with Crippen molar-refractivity contribution in [3.63, 3.8) is 0 Å². The Bertz CT molecular complexity index is 480. The summed E-state index contributed by atoms with van der Waals surface area (Å²) in [6.07, 6.45) is 0. The molecule has 0 aliphatic carbocycles. The number of thioether (sulfide) groups is 1. The molecular formula is C14H22Cl2N2O2S. The van der Waals surface area contributed by atoms with E-state index in [-0.39, 0.29) is 41.0 Å². The van der Waals surface area contributed by atoms with E-state index in [1.54, 1.807) is 11.8 Å². The normalized spacial score (nSPS) is 23.3. The van der Waals surface area contributed by atoms with Crippen LogP contribution in [0.4, 0.5) is 5.69 Å². The summed E-state index contributed by atoms with van der Waals surface area (Å²) < 4.78 is -0.248. The molecule has 4 nitrogen and oxygen atoms in total. The van der Waals surface area contributed by atoms with Crippen LogP contribution in [0.25, 0.3) is 0 Å². The van der Waals surface area contributed by atoms with Crippen molar-refractivity contribution in [2.75, 3.05) is 14.1 Å². The maximum absolute atomic E-state index is 11.3. The molecule has 120 valence electrons. The molecule has 2 rings (SSSR count). The van der Waals surface area contributed by atoms with E-state index in [2.05, 4.69) is 38.4 Å². The number of nitrogens with one attached hydrogen (secondary N) is 1. The van der Waals surface area contributed by atoms with Crippen molar-refractivity contribution >= 4 is 23.4 Å². The molecule has 7 heteroatoms. The average Bonchev–Trinajstić information content (AvgIpc) is 2.65. The van der Waals surface area contributed by atoms with E-state index in [4.69, 9.17) is 0 Å². The zero-order valence-corrected chi connectivity index (χ0v) is 14.9. The lowest BCUT2D eigenvalue weighted by molar-refractivity contribution is -0.786. The number of carboxylic acids is 1. The van der Waals surface area contributed by atoms with Crippen molar-refractivity contribution in [3.05, 3.63) is 29.8 Å². The molecule has 1 aliphatic rings. The van der Waals surface area contributed by atoms with Crippen LogP contribution in [0, 0.1) is 0 Å². The highest BCUT2D eigenvalue weighted by Crippen LogP contribution is 2.40. The SMILES string of the molecule is C[NH+](C)c1ccc(C2[NH2+]C(C(=O)O)C(C)(C)S2)cc1.[Cl-].[Cl-]. The number of nitrogens with two attached hydrogens (primary N) is 1. The van der Waals surface area contributed by atoms with Crippen LogP contribution in [0.15, 0.2) is 24.3 Å². The fraction of sp³-hybridized carbons (Fsp3) is 0.500. The van der Waals surface area contributed by atoms with Gasteiger partial charge in [0.25, 0.3) is 0 Å². The van der Waals surface area contributed by atoms with Crippen LogP contribution in [-0.4, -0.2) is 36.0 Å². The lowest BCUT2D eigenvalue weighted by Gasteiger charge is -2.16. The molecule has 0 spiro atoms. The van der Waals surface area contributed by atoms with Crippen molar-refractivity contribution in [3.8, 4) is 0 Å². The average molecular weight is 353 g/mol. The Balaban J connectivity index is 0.00000200. The fourth-order valence-corrected chi connectivity index (χ4v) is 3.92. The van der Waals surface area contributed by atoms with Crippen molar-refractivity contribution in [1.82, 2.24) is 0 Å². The second-order valence-corrected chi connectivity index (χ2v) is 7.57. The highest BCUT2D eigenvalue weighted by atomic mass is 35.5. The van der Waals surface area contributed by atoms with Crippen LogP contribution in [0.5, 0.6) is 0 Å². The Morgan fingerprint density at radius 2 is 1.76 bits per heavy atom. The van der Waals surface area contributed by atoms with Gasteiger partial charge in [-0.05, 0) is 38.1 Å². The Kier molecular flexibility index (Phi) is 7.53. The Hall–Kier alpha value is -0.460. The van der Waals surface area contributed by atoms with Crippen LogP contribution in [0.1, 0.15) is 24.8 Å². The van der Waals surface area contributed by atoms with Gasteiger partial charge in [0.1, 0.15) is 5.69 Å². The van der Waals surface area contributed by atoms with Crippen molar-refractivity contribution in [2.24, 2.45) is 0 Å². The number of halogens is 2. The molecule has 2 atom stereocenters. The molecule has 0 saturated carbocycles. The first kappa shape index (κ1) is 20.5. The van der Waals surface area contributed by atoms with Gasteiger partial charge in [-0.2, -0.15) is 0 Å². The van der Waals surface area contributed by atoms with E-state index in [9.17, 15) is 9.90 Å². The van der Waals surface area contributed by atoms with Gasteiger partial charge in [-0.15, -0.1) is 0 Å². The maximum atomic E-state index is 11.3. The molecule has 1 fully saturated rings. The summed E-state index contributed by atoms with van der Waals surface area (Å²) in [4.78, 5) is 12.6. The van der Waals surface area contributed by atoms with E-state index < -0.39 is 5.97 Å². The van der Waals surface area contributed by atoms with E-state index in [1.807, 2.05) is 19.2 Å². The van der Waals surface area contributed by atoms with Gasteiger partial charge in [0.2, 0.25) is 0 Å². The first-order chi connectivity index (χ1) is 8.81. The predicted octanol–water partition coefficient (Wildman–Crippen LogP) is -5.99. The topological polar surface area (TPSA) is 58.4 Å². The molecule has 0 radical (unpaired) electrons. The van der Waals surface area contributed by atoms with Crippen LogP contribution in [-0.2, 0) is 4.79 Å². The molecule has 0 bridgehead atoms. The molecule has 1 saturated heterocycles. The smallest absolute Gasteiger partial charge is 0.363 e. The lowest BCUT2D eigenvalue weighted by atomic mass is 10.0. The van der Waals surface area contributed by atoms with Gasteiger partial charge in [0.05, 0.1) is 18.8 Å². The number of hydrogen-bond acceptors (Lipinski definition) is 2. The van der Waals surface area contributed by atoms with Gasteiger partial charge >= 0.3 is 5.97 Å². The van der Waals surface area contributed by atoms with E-state index in [1.165, 1.54) is 16.2 Å². The Morgan fingerprint density at radius 3 is 2.14 bits per heavy atom. The number of carbonyl (C=O) groups is 1. The fourth-order valence-electron chi connectivity index (χ4n) is 2.41. The number of rotatable bonds is 3. The third-order valence-corrected chi connectivity index (χ3v) is 5.17. The van der Waals surface area contributed by atoms with E-state index >= 15 is 0 Å². The van der Waals surface area contributed by atoms with Gasteiger partial charge in [0.15, 0.2) is 11.4 Å². The number of quaternary nitrogens is 2. The van der Waals surface area contributed by atoms with Crippen molar-refractivity contribution in [1.29, 1.82) is 0 Å². The Morgan fingerprint density at radius 1 is 1.24 bits per heavy atom. The lowest BCUT2D eigenvalue weighted by Crippen LogP contribution is -3.00. The summed E-state index contributed by atoms with van der Waals surface area (Å²) in [6.45, 7) is 4.01. The monoisotopic (exact) mass is 352 g/mol. The number of hydrogen-bond donors (Lipinski definition) is 3. The molecule has 0 amide bonds. The van der Waals surface area contributed by atoms with Crippen LogP contribution < -0.4 is 35.0 Å². The predicted molar refractivity (Wildman–Crippen MR) is 76.7 cm³/mol. The van der Waals surface area contributed by atoms with Gasteiger partial charge in [-0.3, -0.25) is 0 Å². The summed E-state index contributed by atoms with van der Waals surface area (Å²) in [5.74, 6) is -0.727. The van der Waals surface area contributed by atoms with Gasteiger partial charge < -0.3 is 40.1 Å². The minimum absolute atomic E-state index is 0. The first-order valence-electron chi connectivity index (χ1n) is 6.47. The van der Waals surface area contributed by atoms with Crippen molar-refractivity contribution in [2.45, 2.75) is 30.0 Å². The van der Waals surface area contributed by atoms with E-state index in [0.29, 0.717) is 0 Å². The molecule has 1 aromatic rings. The van der Waals surface area contributed by atoms with E-state index in [0.717, 1.165) is 0 Å².